The van der Waals surface area contributed by atoms with E-state index in [0.717, 1.165) is 35.7 Å². The average Bonchev–Trinajstić information content (AvgIpc) is 3.21. The van der Waals surface area contributed by atoms with Crippen LogP contribution in [0, 0.1) is 13.8 Å². The summed E-state index contributed by atoms with van der Waals surface area (Å²) in [4.78, 5) is 28.0. The minimum atomic E-state index is -0.141. The van der Waals surface area contributed by atoms with Gasteiger partial charge >= 0.3 is 0 Å². The predicted molar refractivity (Wildman–Crippen MR) is 90.0 cm³/mol. The van der Waals surface area contributed by atoms with Crippen molar-refractivity contribution in [3.8, 4) is 0 Å². The van der Waals surface area contributed by atoms with E-state index in [0.29, 0.717) is 12.3 Å². The van der Waals surface area contributed by atoms with Gasteiger partial charge in [0.25, 0.3) is 11.7 Å². The first-order valence-electron chi connectivity index (χ1n) is 8.05. The molecule has 124 valence electrons. The van der Waals surface area contributed by atoms with Crippen LogP contribution in [0.1, 0.15) is 52.3 Å². The van der Waals surface area contributed by atoms with Crippen LogP contribution >= 0.6 is 11.3 Å². The van der Waals surface area contributed by atoms with E-state index in [2.05, 4.69) is 20.1 Å². The minimum absolute atomic E-state index is 0.0191. The zero-order chi connectivity index (χ0) is 16.7. The molecule has 1 fully saturated rings. The lowest BCUT2D eigenvalue weighted by atomic mass is 10.0. The maximum atomic E-state index is 13.0. The molecule has 7 nitrogen and oxygen atoms in total. The van der Waals surface area contributed by atoms with Crippen LogP contribution < -0.4 is 0 Å². The van der Waals surface area contributed by atoms with Gasteiger partial charge in [-0.15, -0.1) is 16.4 Å². The smallest absolute Gasteiger partial charge is 0.294 e. The molecule has 4 rings (SSSR count). The van der Waals surface area contributed by atoms with Gasteiger partial charge in [0.05, 0.1) is 6.04 Å². The highest BCUT2D eigenvalue weighted by Crippen LogP contribution is 2.33. The molecule has 1 saturated heterocycles. The standard InChI is InChI=1S/C16H18N6OS/c1-10-9-24-14(18-10)12-5-3-4-8-21(12)15(23)13-19-16-17-7-6-11(2)22(16)20-13/h6-7,9,12H,3-5,8H2,1-2H3/t12-/m1/s1. The number of piperidine rings is 1. The van der Waals surface area contributed by atoms with Crippen LogP contribution in [0.25, 0.3) is 5.78 Å². The predicted octanol–water partition coefficient (Wildman–Crippen LogP) is 2.57. The first kappa shape index (κ1) is 15.2. The van der Waals surface area contributed by atoms with Crippen molar-refractivity contribution in [1.29, 1.82) is 0 Å². The molecule has 24 heavy (non-hydrogen) atoms. The number of carbonyl (C=O) groups excluding carboxylic acids is 1. The summed E-state index contributed by atoms with van der Waals surface area (Å²) in [5.41, 5.74) is 1.90. The van der Waals surface area contributed by atoms with Crippen molar-refractivity contribution in [2.45, 2.75) is 39.2 Å². The van der Waals surface area contributed by atoms with Crippen molar-refractivity contribution in [3.63, 3.8) is 0 Å². The van der Waals surface area contributed by atoms with Gasteiger partial charge in [0, 0.05) is 29.5 Å². The Hall–Kier alpha value is -2.35. The Morgan fingerprint density at radius 1 is 1.29 bits per heavy atom. The number of carbonyl (C=O) groups is 1. The monoisotopic (exact) mass is 342 g/mol. The van der Waals surface area contributed by atoms with Gasteiger partial charge in [0.1, 0.15) is 5.01 Å². The van der Waals surface area contributed by atoms with Crippen molar-refractivity contribution in [2.75, 3.05) is 6.54 Å². The van der Waals surface area contributed by atoms with Gasteiger partial charge in [-0.3, -0.25) is 4.79 Å². The zero-order valence-electron chi connectivity index (χ0n) is 13.6. The minimum Gasteiger partial charge on any atom is -0.326 e. The number of hydrogen-bond donors (Lipinski definition) is 0. The summed E-state index contributed by atoms with van der Waals surface area (Å²) >= 11 is 1.62. The van der Waals surface area contributed by atoms with Crippen molar-refractivity contribution in [3.05, 3.63) is 39.9 Å². The normalized spacial score (nSPS) is 18.2. The van der Waals surface area contributed by atoms with E-state index in [1.54, 1.807) is 22.0 Å². The van der Waals surface area contributed by atoms with Gasteiger partial charge < -0.3 is 4.90 Å². The molecule has 0 saturated carbocycles. The third-order valence-corrected chi connectivity index (χ3v) is 5.37. The second kappa shape index (κ2) is 5.94. The highest BCUT2D eigenvalue weighted by molar-refractivity contribution is 7.09. The van der Waals surface area contributed by atoms with Gasteiger partial charge in [-0.05, 0) is 39.2 Å². The van der Waals surface area contributed by atoms with Crippen LogP contribution in [0.4, 0.5) is 0 Å². The molecule has 0 aliphatic carbocycles. The quantitative estimate of drug-likeness (QED) is 0.715. The van der Waals surface area contributed by atoms with Gasteiger partial charge in [0.2, 0.25) is 5.82 Å². The van der Waals surface area contributed by atoms with E-state index in [1.165, 1.54) is 0 Å². The first-order valence-corrected chi connectivity index (χ1v) is 8.93. The Kier molecular flexibility index (Phi) is 3.76. The van der Waals surface area contributed by atoms with Gasteiger partial charge in [-0.2, -0.15) is 4.98 Å². The molecule has 1 aliphatic rings. The van der Waals surface area contributed by atoms with Crippen molar-refractivity contribution >= 4 is 23.0 Å². The Balaban J connectivity index is 1.69. The number of aromatic nitrogens is 5. The maximum absolute atomic E-state index is 13.0. The van der Waals surface area contributed by atoms with Gasteiger partial charge in [0.15, 0.2) is 0 Å². The molecule has 1 aliphatic heterocycles. The fourth-order valence-electron chi connectivity index (χ4n) is 3.08. The lowest BCUT2D eigenvalue weighted by Crippen LogP contribution is -2.39. The Labute approximate surface area is 143 Å². The fraction of sp³-hybridized carbons (Fsp3) is 0.438. The molecule has 8 heteroatoms. The molecule has 0 aromatic carbocycles. The lowest BCUT2D eigenvalue weighted by molar-refractivity contribution is 0.0598. The number of fused-ring (bicyclic) bond motifs is 1. The van der Waals surface area contributed by atoms with Crippen LogP contribution in [-0.2, 0) is 0 Å². The third kappa shape index (κ3) is 2.56. The van der Waals surface area contributed by atoms with Crippen LogP contribution in [0.2, 0.25) is 0 Å². The lowest BCUT2D eigenvalue weighted by Gasteiger charge is -2.33. The SMILES string of the molecule is Cc1csc([C@H]2CCCCN2C(=O)c2nc3nccc(C)n3n2)n1. The van der Waals surface area contributed by atoms with Crippen LogP contribution in [0.15, 0.2) is 17.6 Å². The topological polar surface area (TPSA) is 76.3 Å². The summed E-state index contributed by atoms with van der Waals surface area (Å²) in [7, 11) is 0. The summed E-state index contributed by atoms with van der Waals surface area (Å²) in [6.07, 6.45) is 4.71. The fourth-order valence-corrected chi connectivity index (χ4v) is 4.02. The van der Waals surface area contributed by atoms with Crippen molar-refractivity contribution in [1.82, 2.24) is 29.5 Å². The second-order valence-electron chi connectivity index (χ2n) is 6.07. The van der Waals surface area contributed by atoms with E-state index >= 15 is 0 Å². The van der Waals surface area contributed by atoms with Crippen molar-refractivity contribution < 1.29 is 4.79 Å². The zero-order valence-corrected chi connectivity index (χ0v) is 14.5. The first-order chi connectivity index (χ1) is 11.6. The molecule has 1 amide bonds. The molecule has 3 aromatic heterocycles. The number of aryl methyl sites for hydroxylation is 2. The summed E-state index contributed by atoms with van der Waals surface area (Å²) < 4.78 is 1.61. The van der Waals surface area contributed by atoms with E-state index in [-0.39, 0.29) is 17.8 Å². The molecule has 0 spiro atoms. The molecule has 0 radical (unpaired) electrons. The molecule has 4 heterocycles. The number of rotatable bonds is 2. The summed E-state index contributed by atoms with van der Waals surface area (Å²) in [5, 5.41) is 7.39. The summed E-state index contributed by atoms with van der Waals surface area (Å²) in [6, 6.07) is 1.86. The summed E-state index contributed by atoms with van der Waals surface area (Å²) in [6.45, 7) is 4.61. The largest absolute Gasteiger partial charge is 0.326 e. The highest BCUT2D eigenvalue weighted by atomic mass is 32.1. The molecular formula is C16H18N6OS. The van der Waals surface area contributed by atoms with E-state index in [9.17, 15) is 4.79 Å². The van der Waals surface area contributed by atoms with E-state index in [4.69, 9.17) is 0 Å². The van der Waals surface area contributed by atoms with Crippen LogP contribution in [-0.4, -0.2) is 41.9 Å². The molecule has 0 unspecified atom stereocenters. The second-order valence-corrected chi connectivity index (χ2v) is 6.96. The maximum Gasteiger partial charge on any atom is 0.294 e. The van der Waals surface area contributed by atoms with Crippen LogP contribution in [0.5, 0.6) is 0 Å². The number of amides is 1. The number of thiazole rings is 1. The number of likely N-dealkylation sites (tertiary alicyclic amines) is 1. The molecule has 3 aromatic rings. The molecule has 0 N–H and O–H groups in total. The summed E-state index contributed by atoms with van der Waals surface area (Å²) in [5.74, 6) is 0.520. The van der Waals surface area contributed by atoms with E-state index < -0.39 is 0 Å². The molecule has 0 bridgehead atoms. The Morgan fingerprint density at radius 3 is 2.92 bits per heavy atom. The molecule has 1 atom stereocenters. The van der Waals surface area contributed by atoms with Crippen LogP contribution in [0.3, 0.4) is 0 Å². The van der Waals surface area contributed by atoms with Gasteiger partial charge in [-0.1, -0.05) is 0 Å². The average molecular weight is 342 g/mol. The number of nitrogens with zero attached hydrogens (tertiary/aromatic N) is 6. The van der Waals surface area contributed by atoms with Crippen molar-refractivity contribution in [2.24, 2.45) is 0 Å². The highest BCUT2D eigenvalue weighted by Gasteiger charge is 2.32. The third-order valence-electron chi connectivity index (χ3n) is 4.31. The number of hydrogen-bond acceptors (Lipinski definition) is 6. The van der Waals surface area contributed by atoms with Gasteiger partial charge in [-0.25, -0.2) is 14.5 Å². The Morgan fingerprint density at radius 2 is 2.17 bits per heavy atom. The Bertz CT molecular complexity index is 901. The molecular weight excluding hydrogens is 324 g/mol. The van der Waals surface area contributed by atoms with E-state index in [1.807, 2.05) is 30.2 Å².